The van der Waals surface area contributed by atoms with Crippen LogP contribution in [0.25, 0.3) is 0 Å². The molecule has 1 atom stereocenters. The van der Waals surface area contributed by atoms with Crippen LogP contribution in [0.1, 0.15) is 16.7 Å². The zero-order valence-electron chi connectivity index (χ0n) is 24.8. The summed E-state index contributed by atoms with van der Waals surface area (Å²) in [6.45, 7) is 5.83. The first-order chi connectivity index (χ1) is 20.0. The van der Waals surface area contributed by atoms with E-state index >= 15 is 0 Å². The molecule has 0 aliphatic carbocycles. The SMILES string of the molecule is COP1(OC)=NP(OC)(OC)=NP(OC)(Oc2cccc(C)c2)=NP(Oc2cccc(C)c2)(Oc2cccc(C)c2)=N1. The molecule has 3 aromatic rings. The average Bonchev–Trinajstić information content (AvgIpc) is 2.95. The van der Waals surface area contributed by atoms with Crippen molar-refractivity contribution in [2.45, 2.75) is 20.8 Å². The van der Waals surface area contributed by atoms with Crippen molar-refractivity contribution in [1.29, 1.82) is 0 Å². The van der Waals surface area contributed by atoms with Gasteiger partial charge in [-0.05, 0) is 73.9 Å². The third-order valence-corrected chi connectivity index (χ3v) is 16.7. The van der Waals surface area contributed by atoms with E-state index in [0.717, 1.165) is 16.7 Å². The van der Waals surface area contributed by atoms with Crippen molar-refractivity contribution in [1.82, 2.24) is 0 Å². The number of aryl methyl sites for hydroxylation is 3. The van der Waals surface area contributed by atoms with E-state index in [1.54, 1.807) is 18.2 Å². The summed E-state index contributed by atoms with van der Waals surface area (Å²) < 4.78 is 68.6. The zero-order valence-corrected chi connectivity index (χ0v) is 28.3. The molecule has 0 radical (unpaired) electrons. The third-order valence-electron chi connectivity index (χ3n) is 5.74. The quantitative estimate of drug-likeness (QED) is 0.187. The molecule has 1 aliphatic heterocycles. The van der Waals surface area contributed by atoms with Crippen LogP contribution >= 0.6 is 30.6 Å². The number of nitrogens with zero attached hydrogens (tertiary/aromatic N) is 4. The van der Waals surface area contributed by atoms with Gasteiger partial charge in [0.05, 0.1) is 0 Å². The van der Waals surface area contributed by atoms with Crippen LogP contribution in [-0.2, 0) is 22.6 Å². The van der Waals surface area contributed by atoms with E-state index in [-0.39, 0.29) is 0 Å². The summed E-state index contributed by atoms with van der Waals surface area (Å²) in [5.74, 6) is 1.34. The van der Waals surface area contributed by atoms with E-state index in [2.05, 4.69) is 0 Å². The van der Waals surface area contributed by atoms with Crippen LogP contribution in [0.5, 0.6) is 17.2 Å². The molecule has 1 heterocycles. The minimum atomic E-state index is -3.90. The summed E-state index contributed by atoms with van der Waals surface area (Å²) in [5.41, 5.74) is 2.86. The molecule has 0 spiro atoms. The Kier molecular flexibility index (Phi) is 10.6. The number of hydrogen-bond acceptors (Lipinski definition) is 12. The monoisotopic (exact) mass is 656 g/mol. The molecular weight excluding hydrogens is 620 g/mol. The Morgan fingerprint density at radius 2 is 0.690 bits per heavy atom. The zero-order chi connectivity index (χ0) is 30.4. The Balaban J connectivity index is 2.15. The van der Waals surface area contributed by atoms with Gasteiger partial charge >= 0.3 is 30.6 Å². The highest BCUT2D eigenvalue weighted by molar-refractivity contribution is 7.78. The molecule has 0 amide bonds. The third kappa shape index (κ3) is 7.64. The number of benzene rings is 3. The van der Waals surface area contributed by atoms with Gasteiger partial charge in [0, 0.05) is 35.5 Å². The Labute approximate surface area is 247 Å². The Hall–Kier alpha value is -2.22. The van der Waals surface area contributed by atoms with Crippen molar-refractivity contribution in [3.63, 3.8) is 0 Å². The van der Waals surface area contributed by atoms with Gasteiger partial charge in [0.2, 0.25) is 0 Å². The predicted molar refractivity (Wildman–Crippen MR) is 168 cm³/mol. The maximum Gasteiger partial charge on any atom is 0.458 e. The molecule has 0 bridgehead atoms. The summed E-state index contributed by atoms with van der Waals surface area (Å²) in [4.78, 5) is 0. The van der Waals surface area contributed by atoms with Crippen LogP contribution in [0.3, 0.4) is 0 Å². The lowest BCUT2D eigenvalue weighted by molar-refractivity contribution is 0.313. The van der Waals surface area contributed by atoms with Crippen LogP contribution in [0.4, 0.5) is 0 Å². The van der Waals surface area contributed by atoms with Crippen molar-refractivity contribution in [3.05, 3.63) is 89.5 Å². The van der Waals surface area contributed by atoms with Gasteiger partial charge in [-0.3, -0.25) is 0 Å². The fourth-order valence-corrected chi connectivity index (χ4v) is 15.6. The molecule has 12 nitrogen and oxygen atoms in total. The Bertz CT molecular complexity index is 1590. The first kappa shape index (κ1) is 32.7. The number of hydrogen-bond donors (Lipinski definition) is 0. The first-order valence-electron chi connectivity index (χ1n) is 12.7. The maximum atomic E-state index is 6.62. The minimum Gasteiger partial charge on any atom is -0.422 e. The Morgan fingerprint density at radius 1 is 0.405 bits per heavy atom. The summed E-state index contributed by atoms with van der Waals surface area (Å²) in [7, 11) is -7.69. The standard InChI is InChI=1S/C26H36N4O8P4/c1-21-12-9-15-24(18-21)36-41(35-8)28-39(31-4,32-5)27-40(33-6,34-7)29-42(30-41,37-25-16-10-13-22(2)19-25)38-26-17-11-14-23(3)20-26/h9-20H,1-8H3. The molecular formula is C26H36N4O8P4. The molecule has 4 rings (SSSR count). The van der Waals surface area contributed by atoms with Gasteiger partial charge < -0.3 is 36.2 Å². The van der Waals surface area contributed by atoms with Crippen LogP contribution in [-0.4, -0.2) is 35.5 Å². The lowest BCUT2D eigenvalue weighted by Crippen LogP contribution is -2.05. The highest BCUT2D eigenvalue weighted by Gasteiger charge is 2.44. The second kappa shape index (κ2) is 13.6. The lowest BCUT2D eigenvalue weighted by Gasteiger charge is -2.31. The smallest absolute Gasteiger partial charge is 0.422 e. The maximum absolute atomic E-state index is 6.62. The Morgan fingerprint density at radius 3 is 1.02 bits per heavy atom. The normalized spacial score (nSPS) is 20.4. The molecule has 228 valence electrons. The highest BCUT2D eigenvalue weighted by Crippen LogP contribution is 2.79. The van der Waals surface area contributed by atoms with Gasteiger partial charge in [-0.15, -0.1) is 18.1 Å². The van der Waals surface area contributed by atoms with Crippen LogP contribution in [0.15, 0.2) is 90.9 Å². The minimum absolute atomic E-state index is 0.443. The topological polar surface area (TPSA) is 123 Å². The molecule has 1 aliphatic rings. The van der Waals surface area contributed by atoms with Crippen molar-refractivity contribution in [2.24, 2.45) is 18.1 Å². The van der Waals surface area contributed by atoms with Crippen LogP contribution < -0.4 is 13.6 Å². The number of rotatable bonds is 11. The van der Waals surface area contributed by atoms with Gasteiger partial charge in [-0.1, -0.05) is 36.4 Å². The molecule has 16 heteroatoms. The second-order valence-corrected chi connectivity index (χ2v) is 18.1. The van der Waals surface area contributed by atoms with Crippen molar-refractivity contribution < 1.29 is 36.2 Å². The van der Waals surface area contributed by atoms with Crippen LogP contribution in [0.2, 0.25) is 0 Å². The van der Waals surface area contributed by atoms with Crippen molar-refractivity contribution in [2.75, 3.05) is 35.5 Å². The van der Waals surface area contributed by atoms with E-state index in [0.29, 0.717) is 17.2 Å². The second-order valence-electron chi connectivity index (χ2n) is 8.96. The van der Waals surface area contributed by atoms with Gasteiger partial charge in [-0.2, -0.15) is 0 Å². The van der Waals surface area contributed by atoms with Gasteiger partial charge in [0.25, 0.3) is 0 Å². The first-order valence-corrected chi connectivity index (χ1v) is 18.8. The summed E-state index contributed by atoms with van der Waals surface area (Å²) >= 11 is 0. The van der Waals surface area contributed by atoms with E-state index in [1.807, 2.05) is 75.4 Å². The van der Waals surface area contributed by atoms with E-state index < -0.39 is 30.6 Å². The summed E-state index contributed by atoms with van der Waals surface area (Å²) in [6.07, 6.45) is 0. The largest absolute Gasteiger partial charge is 0.458 e. The van der Waals surface area contributed by atoms with Crippen molar-refractivity contribution >= 4 is 30.6 Å². The molecule has 3 aromatic carbocycles. The van der Waals surface area contributed by atoms with Crippen LogP contribution in [0, 0.1) is 20.8 Å². The van der Waals surface area contributed by atoms with E-state index in [4.69, 9.17) is 54.3 Å². The molecule has 0 fully saturated rings. The summed E-state index contributed by atoms with van der Waals surface area (Å²) in [5, 5.41) is 0. The molecule has 0 aromatic heterocycles. The lowest BCUT2D eigenvalue weighted by atomic mass is 10.2. The molecule has 0 saturated heterocycles. The van der Waals surface area contributed by atoms with E-state index in [1.165, 1.54) is 35.5 Å². The highest BCUT2D eigenvalue weighted by atomic mass is 31.3. The van der Waals surface area contributed by atoms with Gasteiger partial charge in [0.1, 0.15) is 17.2 Å². The molecule has 1 unspecified atom stereocenters. The van der Waals surface area contributed by atoms with Crippen molar-refractivity contribution in [3.8, 4) is 17.2 Å². The molecule has 0 saturated carbocycles. The van der Waals surface area contributed by atoms with Gasteiger partial charge in [0.15, 0.2) is 0 Å². The molecule has 42 heavy (non-hydrogen) atoms. The fraction of sp³-hybridized carbons (Fsp3) is 0.308. The average molecular weight is 656 g/mol. The predicted octanol–water partition coefficient (Wildman–Crippen LogP) is 10.2. The van der Waals surface area contributed by atoms with Gasteiger partial charge in [-0.25, -0.2) is 0 Å². The molecule has 0 N–H and O–H groups in total. The fourth-order valence-electron chi connectivity index (χ4n) is 3.75. The van der Waals surface area contributed by atoms with E-state index in [9.17, 15) is 0 Å². The summed E-state index contributed by atoms with van der Waals surface area (Å²) in [6, 6.07) is 22.3.